The first-order chi connectivity index (χ1) is 10.8. The van der Waals surface area contributed by atoms with Crippen LogP contribution in [0.5, 0.6) is 0 Å². The molecule has 0 aliphatic heterocycles. The Morgan fingerprint density at radius 2 is 1.72 bits per heavy atom. The van der Waals surface area contributed by atoms with E-state index in [9.17, 15) is 4.79 Å². The highest BCUT2D eigenvalue weighted by Crippen LogP contribution is 2.30. The molecule has 1 aromatic heterocycles. The molecule has 0 saturated carbocycles. The number of halogens is 2. The molecule has 7 heteroatoms. The molecule has 4 nitrogen and oxygen atoms in total. The van der Waals surface area contributed by atoms with Crippen molar-refractivity contribution in [3.63, 3.8) is 0 Å². The van der Waals surface area contributed by atoms with Gasteiger partial charge in [-0.05, 0) is 26.3 Å². The maximum Gasteiger partial charge on any atom is 0.227 e. The number of thiazole rings is 1. The van der Waals surface area contributed by atoms with Crippen molar-refractivity contribution in [2.24, 2.45) is 11.7 Å². The quantitative estimate of drug-likeness (QED) is 0.801. The minimum Gasteiger partial charge on any atom is -0.338 e. The summed E-state index contributed by atoms with van der Waals surface area (Å²) in [6.07, 6.45) is 0. The molecule has 1 amide bonds. The molecule has 3 atom stereocenters. The summed E-state index contributed by atoms with van der Waals surface area (Å²) in [7, 11) is 1.84. The summed E-state index contributed by atoms with van der Waals surface area (Å²) in [4.78, 5) is 20.2. The summed E-state index contributed by atoms with van der Waals surface area (Å²) in [6.45, 7) is 7.92. The molecule has 2 N–H and O–H groups in total. The van der Waals surface area contributed by atoms with Crippen molar-refractivity contribution >= 4 is 42.1 Å². The van der Waals surface area contributed by atoms with Crippen molar-refractivity contribution in [2.45, 2.75) is 39.8 Å². The standard InChI is InChI=1S/C18H25N3OS.2ClH/c1-11(16(19)15-9-7-6-8-10-15)18(22)21(5)13(3)17-12(2)20-14(4)23-17;;/h6-11,13,16H,19H2,1-5H3;2*1H. The van der Waals surface area contributed by atoms with E-state index in [2.05, 4.69) is 4.98 Å². The molecule has 0 aliphatic carbocycles. The fourth-order valence-corrected chi connectivity index (χ4v) is 3.76. The average molecular weight is 404 g/mol. The molecule has 1 heterocycles. The molecule has 0 spiro atoms. The maximum absolute atomic E-state index is 12.8. The topological polar surface area (TPSA) is 59.2 Å². The molecule has 0 bridgehead atoms. The van der Waals surface area contributed by atoms with Crippen molar-refractivity contribution in [1.29, 1.82) is 0 Å². The molecule has 0 saturated heterocycles. The summed E-state index contributed by atoms with van der Waals surface area (Å²) in [5.74, 6) is -0.224. The van der Waals surface area contributed by atoms with Crippen molar-refractivity contribution in [1.82, 2.24) is 9.88 Å². The van der Waals surface area contributed by atoms with Crippen LogP contribution in [0.4, 0.5) is 0 Å². The molecule has 3 unspecified atom stereocenters. The molecule has 140 valence electrons. The zero-order chi connectivity index (χ0) is 17.1. The number of carbonyl (C=O) groups excluding carboxylic acids is 1. The number of hydrogen-bond donors (Lipinski definition) is 1. The van der Waals surface area contributed by atoms with E-state index >= 15 is 0 Å². The second-order valence-electron chi connectivity index (χ2n) is 6.03. The summed E-state index contributed by atoms with van der Waals surface area (Å²) in [5.41, 5.74) is 8.28. The van der Waals surface area contributed by atoms with Gasteiger partial charge in [0.15, 0.2) is 0 Å². The maximum atomic E-state index is 12.8. The molecule has 2 rings (SSSR count). The Kier molecular flexibility index (Phi) is 9.66. The van der Waals surface area contributed by atoms with Crippen molar-refractivity contribution < 1.29 is 4.79 Å². The Hall–Kier alpha value is -1.14. The van der Waals surface area contributed by atoms with E-state index in [-0.39, 0.29) is 48.7 Å². The monoisotopic (exact) mass is 403 g/mol. The Bertz CT molecular complexity index is 678. The highest BCUT2D eigenvalue weighted by atomic mass is 35.5. The number of carbonyl (C=O) groups is 1. The van der Waals surface area contributed by atoms with Crippen LogP contribution in [0, 0.1) is 19.8 Å². The first-order valence-corrected chi connectivity index (χ1v) is 8.65. The van der Waals surface area contributed by atoms with Gasteiger partial charge >= 0.3 is 0 Å². The number of nitrogens with two attached hydrogens (primary N) is 1. The van der Waals surface area contributed by atoms with Gasteiger partial charge in [-0.25, -0.2) is 4.98 Å². The molecule has 0 radical (unpaired) electrons. The number of rotatable bonds is 5. The van der Waals surface area contributed by atoms with Crippen molar-refractivity contribution in [3.8, 4) is 0 Å². The summed E-state index contributed by atoms with van der Waals surface area (Å²) in [5, 5.41) is 1.03. The summed E-state index contributed by atoms with van der Waals surface area (Å²) < 4.78 is 0. The van der Waals surface area contributed by atoms with Crippen LogP contribution in [-0.4, -0.2) is 22.8 Å². The van der Waals surface area contributed by atoms with Gasteiger partial charge in [0.05, 0.1) is 22.7 Å². The van der Waals surface area contributed by atoms with Crippen LogP contribution < -0.4 is 5.73 Å². The van der Waals surface area contributed by atoms with Crippen LogP contribution in [0.25, 0.3) is 0 Å². The van der Waals surface area contributed by atoms with Gasteiger partial charge in [0.2, 0.25) is 5.91 Å². The SMILES string of the molecule is Cc1nc(C)c(C(C)N(C)C(=O)C(C)C(N)c2ccccc2)s1.Cl.Cl. The average Bonchev–Trinajstić information content (AvgIpc) is 2.90. The van der Waals surface area contributed by atoms with E-state index in [4.69, 9.17) is 5.73 Å². The normalized spacial score (nSPS) is 13.8. The number of aryl methyl sites for hydroxylation is 2. The largest absolute Gasteiger partial charge is 0.338 e. The predicted octanol–water partition coefficient (Wildman–Crippen LogP) is 4.46. The van der Waals surface area contributed by atoms with Crippen molar-refractivity contribution in [3.05, 3.63) is 51.5 Å². The van der Waals surface area contributed by atoms with E-state index in [1.54, 1.807) is 16.2 Å². The van der Waals surface area contributed by atoms with Gasteiger partial charge in [-0.15, -0.1) is 36.2 Å². The third-order valence-electron chi connectivity index (χ3n) is 4.36. The minimum atomic E-state index is -0.303. The van der Waals surface area contributed by atoms with Crippen LogP contribution >= 0.6 is 36.2 Å². The first kappa shape index (κ1) is 23.9. The van der Waals surface area contributed by atoms with Gasteiger partial charge in [0, 0.05) is 18.0 Å². The molecule has 0 aliphatic rings. The highest BCUT2D eigenvalue weighted by molar-refractivity contribution is 7.11. The van der Waals surface area contributed by atoms with Crippen LogP contribution in [0.2, 0.25) is 0 Å². The third kappa shape index (κ3) is 5.42. The Balaban J connectivity index is 0.00000288. The van der Waals surface area contributed by atoms with Gasteiger partial charge in [0.1, 0.15) is 0 Å². The second kappa shape index (κ2) is 10.1. The molecular weight excluding hydrogens is 377 g/mol. The third-order valence-corrected chi connectivity index (χ3v) is 5.60. The van der Waals surface area contributed by atoms with Gasteiger partial charge in [-0.2, -0.15) is 0 Å². The lowest BCUT2D eigenvalue weighted by Gasteiger charge is -2.29. The fourth-order valence-electron chi connectivity index (χ4n) is 2.74. The number of benzene rings is 1. The van der Waals surface area contributed by atoms with Gasteiger partial charge in [-0.1, -0.05) is 37.3 Å². The molecule has 25 heavy (non-hydrogen) atoms. The van der Waals surface area contributed by atoms with Gasteiger partial charge in [0.25, 0.3) is 0 Å². The summed E-state index contributed by atoms with van der Waals surface area (Å²) in [6, 6.07) is 9.47. The van der Waals surface area contributed by atoms with E-state index in [0.717, 1.165) is 21.1 Å². The Morgan fingerprint density at radius 3 is 2.20 bits per heavy atom. The fraction of sp³-hybridized carbons (Fsp3) is 0.444. The highest BCUT2D eigenvalue weighted by Gasteiger charge is 2.29. The number of aromatic nitrogens is 1. The first-order valence-electron chi connectivity index (χ1n) is 7.84. The smallest absolute Gasteiger partial charge is 0.227 e. The lowest BCUT2D eigenvalue weighted by Crippen LogP contribution is -2.38. The Morgan fingerprint density at radius 1 is 1.16 bits per heavy atom. The van der Waals surface area contributed by atoms with Gasteiger partial charge < -0.3 is 10.6 Å². The number of amides is 1. The molecular formula is C18H27Cl2N3OS. The van der Waals surface area contributed by atoms with Crippen molar-refractivity contribution in [2.75, 3.05) is 7.05 Å². The Labute approximate surface area is 166 Å². The zero-order valence-electron chi connectivity index (χ0n) is 15.2. The zero-order valence-corrected chi connectivity index (χ0v) is 17.7. The number of hydrogen-bond acceptors (Lipinski definition) is 4. The van der Waals surface area contributed by atoms with Crippen LogP contribution in [0.3, 0.4) is 0 Å². The van der Waals surface area contributed by atoms with E-state index in [0.29, 0.717) is 0 Å². The summed E-state index contributed by atoms with van der Waals surface area (Å²) >= 11 is 1.65. The van der Waals surface area contributed by atoms with Gasteiger partial charge in [-0.3, -0.25) is 4.79 Å². The van der Waals surface area contributed by atoms with Crippen LogP contribution in [-0.2, 0) is 4.79 Å². The van der Waals surface area contributed by atoms with E-state index < -0.39 is 0 Å². The molecule has 1 aromatic carbocycles. The lowest BCUT2D eigenvalue weighted by atomic mass is 9.94. The second-order valence-corrected chi connectivity index (χ2v) is 7.27. The van der Waals surface area contributed by atoms with E-state index in [1.807, 2.05) is 65.1 Å². The van der Waals surface area contributed by atoms with Crippen LogP contribution in [0.15, 0.2) is 30.3 Å². The molecule has 0 fully saturated rings. The van der Waals surface area contributed by atoms with E-state index in [1.165, 1.54) is 0 Å². The van der Waals surface area contributed by atoms with Crippen LogP contribution in [0.1, 0.15) is 47.1 Å². The lowest BCUT2D eigenvalue weighted by molar-refractivity contribution is -0.136. The number of nitrogens with zero attached hydrogens (tertiary/aromatic N) is 2. The minimum absolute atomic E-state index is 0. The molecule has 2 aromatic rings. The predicted molar refractivity (Wildman–Crippen MR) is 110 cm³/mol.